The predicted molar refractivity (Wildman–Crippen MR) is 121 cm³/mol. The number of carbonyl (C=O) groups is 1. The monoisotopic (exact) mass is 432 g/mol. The molecule has 3 aromatic rings. The molecule has 0 bridgehead atoms. The van der Waals surface area contributed by atoms with Crippen molar-refractivity contribution in [3.63, 3.8) is 0 Å². The molecule has 166 valence electrons. The molecule has 3 aliphatic rings. The SMILES string of the molecule is Cc1c[nH]c2ncc(-c3cc4c(c(C5COCCN5)c3)CN(C(=O)C3(O)CC3)CC4)cc12. The van der Waals surface area contributed by atoms with Gasteiger partial charge in [-0.2, -0.15) is 0 Å². The molecule has 2 aromatic heterocycles. The van der Waals surface area contributed by atoms with Crippen molar-refractivity contribution < 1.29 is 14.6 Å². The second-order valence-corrected chi connectivity index (χ2v) is 9.38. The van der Waals surface area contributed by atoms with Crippen LogP contribution in [0.1, 0.15) is 41.1 Å². The van der Waals surface area contributed by atoms with E-state index in [2.05, 4.69) is 40.4 Å². The molecule has 4 heterocycles. The summed E-state index contributed by atoms with van der Waals surface area (Å²) in [5.74, 6) is -0.122. The highest BCUT2D eigenvalue weighted by Crippen LogP contribution is 2.39. The molecule has 1 aromatic carbocycles. The van der Waals surface area contributed by atoms with Gasteiger partial charge in [-0.25, -0.2) is 4.98 Å². The summed E-state index contributed by atoms with van der Waals surface area (Å²) in [7, 11) is 0. The Labute approximate surface area is 186 Å². The summed E-state index contributed by atoms with van der Waals surface area (Å²) in [6.45, 7) is 5.40. The van der Waals surface area contributed by atoms with E-state index in [1.807, 2.05) is 17.3 Å². The van der Waals surface area contributed by atoms with Crippen LogP contribution in [0.5, 0.6) is 0 Å². The second-order valence-electron chi connectivity index (χ2n) is 9.38. The van der Waals surface area contributed by atoms with Gasteiger partial charge >= 0.3 is 0 Å². The van der Waals surface area contributed by atoms with Crippen LogP contribution in [0.2, 0.25) is 0 Å². The van der Waals surface area contributed by atoms with Gasteiger partial charge in [0.25, 0.3) is 5.91 Å². The van der Waals surface area contributed by atoms with Gasteiger partial charge in [0.2, 0.25) is 0 Å². The molecule has 3 N–H and O–H groups in total. The maximum Gasteiger partial charge on any atom is 0.254 e. The van der Waals surface area contributed by atoms with Gasteiger partial charge in [0.15, 0.2) is 0 Å². The van der Waals surface area contributed by atoms with Gasteiger partial charge < -0.3 is 25.0 Å². The van der Waals surface area contributed by atoms with E-state index in [0.29, 0.717) is 39.1 Å². The van der Waals surface area contributed by atoms with E-state index >= 15 is 0 Å². The molecule has 1 saturated carbocycles. The van der Waals surface area contributed by atoms with Crippen LogP contribution in [0.3, 0.4) is 0 Å². The molecule has 0 spiro atoms. The first-order valence-corrected chi connectivity index (χ1v) is 11.4. The molecule has 7 nitrogen and oxygen atoms in total. The lowest BCUT2D eigenvalue weighted by Gasteiger charge is -2.35. The number of aromatic nitrogens is 2. The van der Waals surface area contributed by atoms with E-state index in [9.17, 15) is 9.90 Å². The van der Waals surface area contributed by atoms with Gasteiger partial charge in [-0.15, -0.1) is 0 Å². The zero-order valence-corrected chi connectivity index (χ0v) is 18.3. The number of rotatable bonds is 3. The summed E-state index contributed by atoms with van der Waals surface area (Å²) in [6, 6.07) is 6.77. The molecule has 6 rings (SSSR count). The van der Waals surface area contributed by atoms with Crippen molar-refractivity contribution >= 4 is 16.9 Å². The second kappa shape index (κ2) is 7.40. The van der Waals surface area contributed by atoms with Crippen LogP contribution in [-0.2, 0) is 22.5 Å². The van der Waals surface area contributed by atoms with E-state index in [-0.39, 0.29) is 11.9 Å². The summed E-state index contributed by atoms with van der Waals surface area (Å²) < 4.78 is 5.78. The highest BCUT2D eigenvalue weighted by molar-refractivity contribution is 5.88. The standard InChI is InChI=1S/C25H28N4O3/c1-15-11-27-23-19(15)10-18(12-28-23)17-8-16-2-6-29(24(30)25(31)3-4-25)13-21(16)20(9-17)22-14-32-7-5-26-22/h8-12,22,26,31H,2-7,13-14H2,1H3,(H,27,28). The van der Waals surface area contributed by atoms with Crippen LogP contribution in [0, 0.1) is 6.92 Å². The van der Waals surface area contributed by atoms with Crippen molar-refractivity contribution in [2.75, 3.05) is 26.3 Å². The van der Waals surface area contributed by atoms with Crippen LogP contribution in [0.4, 0.5) is 0 Å². The van der Waals surface area contributed by atoms with Crippen molar-refractivity contribution in [1.29, 1.82) is 0 Å². The molecule has 2 fully saturated rings. The molecule has 1 unspecified atom stereocenters. The molecule has 1 atom stereocenters. The summed E-state index contributed by atoms with van der Waals surface area (Å²) in [5.41, 5.74) is 6.83. The summed E-state index contributed by atoms with van der Waals surface area (Å²) >= 11 is 0. The molecule has 1 amide bonds. The number of amides is 1. The minimum absolute atomic E-state index is 0.0854. The number of ether oxygens (including phenoxy) is 1. The fourth-order valence-electron chi connectivity index (χ4n) is 5.03. The largest absolute Gasteiger partial charge is 0.380 e. The van der Waals surface area contributed by atoms with Gasteiger partial charge in [0.05, 0.1) is 19.3 Å². The average molecular weight is 433 g/mol. The summed E-state index contributed by atoms with van der Waals surface area (Å²) in [6.07, 6.45) is 5.85. The quantitative estimate of drug-likeness (QED) is 0.592. The zero-order chi connectivity index (χ0) is 21.9. The molecule has 2 aliphatic heterocycles. The van der Waals surface area contributed by atoms with E-state index in [4.69, 9.17) is 4.74 Å². The third kappa shape index (κ3) is 3.32. The van der Waals surface area contributed by atoms with Crippen molar-refractivity contribution in [2.24, 2.45) is 0 Å². The van der Waals surface area contributed by atoms with E-state index < -0.39 is 5.60 Å². The minimum Gasteiger partial charge on any atom is -0.380 e. The number of benzene rings is 1. The number of fused-ring (bicyclic) bond motifs is 2. The number of morpholine rings is 1. The van der Waals surface area contributed by atoms with Crippen LogP contribution in [0.15, 0.2) is 30.6 Å². The predicted octanol–water partition coefficient (Wildman–Crippen LogP) is 2.61. The number of aromatic amines is 1. The molecule has 1 aliphatic carbocycles. The lowest BCUT2D eigenvalue weighted by Crippen LogP contribution is -2.44. The van der Waals surface area contributed by atoms with E-state index in [1.54, 1.807) is 0 Å². The van der Waals surface area contributed by atoms with Crippen molar-refractivity contribution in [3.8, 4) is 11.1 Å². The number of hydrogen-bond acceptors (Lipinski definition) is 5. The third-order valence-electron chi connectivity index (χ3n) is 7.15. The van der Waals surface area contributed by atoms with Crippen LogP contribution >= 0.6 is 0 Å². The fraction of sp³-hybridized carbons (Fsp3) is 0.440. The van der Waals surface area contributed by atoms with Crippen molar-refractivity contribution in [1.82, 2.24) is 20.2 Å². The van der Waals surface area contributed by atoms with Gasteiger partial charge in [0, 0.05) is 43.0 Å². The minimum atomic E-state index is -1.13. The topological polar surface area (TPSA) is 90.5 Å². The van der Waals surface area contributed by atoms with E-state index in [1.165, 1.54) is 22.3 Å². The van der Waals surface area contributed by atoms with Gasteiger partial charge in [0.1, 0.15) is 11.2 Å². The highest BCUT2D eigenvalue weighted by atomic mass is 16.5. The molecular formula is C25H28N4O3. The Morgan fingerprint density at radius 1 is 1.28 bits per heavy atom. The zero-order valence-electron chi connectivity index (χ0n) is 18.3. The molecule has 0 radical (unpaired) electrons. The van der Waals surface area contributed by atoms with Crippen molar-refractivity contribution in [3.05, 3.63) is 52.8 Å². The first-order valence-electron chi connectivity index (χ1n) is 11.4. The first kappa shape index (κ1) is 19.9. The molecule has 1 saturated heterocycles. The molecule has 32 heavy (non-hydrogen) atoms. The Bertz CT molecular complexity index is 1210. The van der Waals surface area contributed by atoms with Crippen LogP contribution < -0.4 is 5.32 Å². The number of hydrogen-bond donors (Lipinski definition) is 3. The van der Waals surface area contributed by atoms with Crippen molar-refractivity contribution in [2.45, 2.75) is 44.4 Å². The number of aryl methyl sites for hydroxylation is 1. The maximum absolute atomic E-state index is 12.8. The van der Waals surface area contributed by atoms with Crippen LogP contribution in [0.25, 0.3) is 22.2 Å². The lowest BCUT2D eigenvalue weighted by atomic mass is 9.87. The summed E-state index contributed by atoms with van der Waals surface area (Å²) in [5, 5.41) is 15.1. The normalized spacial score (nSPS) is 22.1. The number of pyridine rings is 1. The Hall–Kier alpha value is -2.74. The third-order valence-corrected chi connectivity index (χ3v) is 7.15. The number of H-pyrrole nitrogens is 1. The lowest BCUT2D eigenvalue weighted by molar-refractivity contribution is -0.143. The average Bonchev–Trinajstić information content (AvgIpc) is 3.49. The molecule has 7 heteroatoms. The highest BCUT2D eigenvalue weighted by Gasteiger charge is 2.50. The van der Waals surface area contributed by atoms with Gasteiger partial charge in [-0.1, -0.05) is 6.07 Å². The first-order chi connectivity index (χ1) is 15.5. The Balaban J connectivity index is 1.42. The Morgan fingerprint density at radius 3 is 2.94 bits per heavy atom. The van der Waals surface area contributed by atoms with Gasteiger partial charge in [-0.3, -0.25) is 4.79 Å². The number of aliphatic hydroxyl groups is 1. The summed E-state index contributed by atoms with van der Waals surface area (Å²) in [4.78, 5) is 22.5. The Morgan fingerprint density at radius 2 is 2.16 bits per heavy atom. The van der Waals surface area contributed by atoms with Gasteiger partial charge in [-0.05, 0) is 66.1 Å². The fourth-order valence-corrected chi connectivity index (χ4v) is 5.03. The number of nitrogens with one attached hydrogen (secondary N) is 2. The molecular weight excluding hydrogens is 404 g/mol. The smallest absolute Gasteiger partial charge is 0.254 e. The maximum atomic E-state index is 12.8. The Kier molecular flexibility index (Phi) is 4.61. The number of carbonyl (C=O) groups excluding carboxylic acids is 1. The number of nitrogens with zero attached hydrogens (tertiary/aromatic N) is 2. The van der Waals surface area contributed by atoms with E-state index in [0.717, 1.165) is 35.1 Å². The van der Waals surface area contributed by atoms with Crippen LogP contribution in [-0.4, -0.2) is 57.8 Å².